The molecule has 1 aromatic carbocycles. The number of anilines is 1. The van der Waals surface area contributed by atoms with E-state index in [1.165, 1.54) is 11.8 Å². The van der Waals surface area contributed by atoms with Crippen molar-refractivity contribution in [2.75, 3.05) is 17.3 Å². The average Bonchev–Trinajstić information content (AvgIpc) is 2.46. The van der Waals surface area contributed by atoms with Gasteiger partial charge in [-0.05, 0) is 36.6 Å². The summed E-state index contributed by atoms with van der Waals surface area (Å²) in [5.41, 5.74) is 0.840. The molecule has 0 fully saturated rings. The van der Waals surface area contributed by atoms with Gasteiger partial charge in [-0.3, -0.25) is 9.78 Å². The van der Waals surface area contributed by atoms with E-state index in [0.29, 0.717) is 5.75 Å². The lowest BCUT2D eigenvalue weighted by atomic mass is 10.3. The van der Waals surface area contributed by atoms with Gasteiger partial charge in [0.1, 0.15) is 0 Å². The van der Waals surface area contributed by atoms with Crippen molar-refractivity contribution in [2.24, 2.45) is 0 Å². The van der Waals surface area contributed by atoms with Gasteiger partial charge in [0.2, 0.25) is 5.91 Å². The number of aromatic nitrogens is 1. The number of carbonyl (C=O) groups excluding carboxylic acids is 1. The van der Waals surface area contributed by atoms with Gasteiger partial charge in [0.15, 0.2) is 0 Å². The van der Waals surface area contributed by atoms with Gasteiger partial charge in [-0.2, -0.15) is 0 Å². The summed E-state index contributed by atoms with van der Waals surface area (Å²) in [6, 6.07) is 11.6. The Morgan fingerprint density at radius 3 is 2.74 bits per heavy atom. The minimum Gasteiger partial charge on any atom is -0.325 e. The molecule has 19 heavy (non-hydrogen) atoms. The molecule has 1 aromatic heterocycles. The minimum absolute atomic E-state index is 0.0000605. The molecule has 1 N–H and O–H groups in total. The summed E-state index contributed by atoms with van der Waals surface area (Å²) in [5.74, 6) is 0.396. The molecule has 0 aliphatic heterocycles. The fraction of sp³-hybridized carbons (Fsp3) is 0.143. The number of hydrogen-bond acceptors (Lipinski definition) is 4. The second-order valence-corrected chi connectivity index (χ2v) is 5.68. The van der Waals surface area contributed by atoms with E-state index in [9.17, 15) is 4.79 Å². The highest BCUT2D eigenvalue weighted by atomic mass is 32.2. The zero-order chi connectivity index (χ0) is 13.5. The summed E-state index contributed by atoms with van der Waals surface area (Å²) in [7, 11) is 0. The Morgan fingerprint density at radius 1 is 1.21 bits per heavy atom. The minimum atomic E-state index is 0.0000605. The summed E-state index contributed by atoms with van der Waals surface area (Å²) < 4.78 is 0. The number of nitrogens with zero attached hydrogens (tertiary/aromatic N) is 1. The molecule has 0 bridgehead atoms. The van der Waals surface area contributed by atoms with E-state index < -0.39 is 0 Å². The van der Waals surface area contributed by atoms with Gasteiger partial charge in [-0.1, -0.05) is 6.07 Å². The molecular weight excluding hydrogens is 276 g/mol. The molecule has 0 atom stereocenters. The third kappa shape index (κ3) is 4.61. The van der Waals surface area contributed by atoms with Crippen LogP contribution in [0.3, 0.4) is 0 Å². The summed E-state index contributed by atoms with van der Waals surface area (Å²) in [4.78, 5) is 18.0. The van der Waals surface area contributed by atoms with Crippen molar-refractivity contribution in [3.63, 3.8) is 0 Å². The molecule has 2 aromatic rings. The van der Waals surface area contributed by atoms with Crippen LogP contribution in [-0.2, 0) is 4.79 Å². The highest BCUT2D eigenvalue weighted by molar-refractivity contribution is 8.00. The van der Waals surface area contributed by atoms with Crippen molar-refractivity contribution in [3.8, 4) is 0 Å². The summed E-state index contributed by atoms with van der Waals surface area (Å²) in [6.07, 6.45) is 5.46. The monoisotopic (exact) mass is 290 g/mol. The average molecular weight is 290 g/mol. The van der Waals surface area contributed by atoms with Crippen LogP contribution in [-0.4, -0.2) is 22.9 Å². The van der Waals surface area contributed by atoms with Crippen LogP contribution in [0.25, 0.3) is 0 Å². The van der Waals surface area contributed by atoms with E-state index in [1.807, 2.05) is 42.7 Å². The molecule has 5 heteroatoms. The smallest absolute Gasteiger partial charge is 0.234 e. The van der Waals surface area contributed by atoms with Crippen LogP contribution >= 0.6 is 23.5 Å². The number of pyridine rings is 1. The SMILES string of the molecule is CSc1cccc(NC(=O)CSc2ccncc2)c1. The second kappa shape index (κ2) is 7.21. The number of rotatable bonds is 5. The Balaban J connectivity index is 1.87. The summed E-state index contributed by atoms with van der Waals surface area (Å²) >= 11 is 3.16. The standard InChI is InChI=1S/C14H14N2OS2/c1-18-13-4-2-3-11(9-13)16-14(17)10-19-12-5-7-15-8-6-12/h2-9H,10H2,1H3,(H,16,17). The third-order valence-electron chi connectivity index (χ3n) is 2.37. The molecule has 0 saturated carbocycles. The molecule has 1 heterocycles. The maximum absolute atomic E-state index is 11.8. The molecule has 1 amide bonds. The van der Waals surface area contributed by atoms with E-state index >= 15 is 0 Å². The first-order chi connectivity index (χ1) is 9.28. The second-order valence-electron chi connectivity index (χ2n) is 3.75. The van der Waals surface area contributed by atoms with Crippen molar-refractivity contribution in [1.82, 2.24) is 4.98 Å². The number of carbonyl (C=O) groups is 1. The molecule has 0 unspecified atom stereocenters. The maximum atomic E-state index is 11.8. The van der Waals surface area contributed by atoms with Crippen molar-refractivity contribution in [3.05, 3.63) is 48.8 Å². The molecule has 0 radical (unpaired) electrons. The van der Waals surface area contributed by atoms with E-state index in [1.54, 1.807) is 24.2 Å². The lowest BCUT2D eigenvalue weighted by Gasteiger charge is -2.06. The van der Waals surface area contributed by atoms with Crippen LogP contribution in [0.4, 0.5) is 5.69 Å². The molecule has 0 aliphatic rings. The lowest BCUT2D eigenvalue weighted by molar-refractivity contribution is -0.113. The largest absolute Gasteiger partial charge is 0.325 e. The molecule has 0 aliphatic carbocycles. The van der Waals surface area contributed by atoms with Crippen molar-refractivity contribution in [1.29, 1.82) is 0 Å². The van der Waals surface area contributed by atoms with Gasteiger partial charge in [0.05, 0.1) is 5.75 Å². The zero-order valence-electron chi connectivity index (χ0n) is 10.5. The highest BCUT2D eigenvalue weighted by Gasteiger charge is 2.04. The number of hydrogen-bond donors (Lipinski definition) is 1. The quantitative estimate of drug-likeness (QED) is 0.855. The van der Waals surface area contributed by atoms with E-state index in [4.69, 9.17) is 0 Å². The molecule has 0 saturated heterocycles. The lowest BCUT2D eigenvalue weighted by Crippen LogP contribution is -2.13. The maximum Gasteiger partial charge on any atom is 0.234 e. The Bertz CT molecular complexity index is 546. The molecule has 0 spiro atoms. The zero-order valence-corrected chi connectivity index (χ0v) is 12.1. The number of amides is 1. The van der Waals surface area contributed by atoms with Gasteiger partial charge in [-0.25, -0.2) is 0 Å². The molecule has 2 rings (SSSR count). The van der Waals surface area contributed by atoms with Gasteiger partial charge < -0.3 is 5.32 Å². The predicted molar refractivity (Wildman–Crippen MR) is 81.8 cm³/mol. The molecule has 3 nitrogen and oxygen atoms in total. The third-order valence-corrected chi connectivity index (χ3v) is 4.11. The Morgan fingerprint density at radius 2 is 2.00 bits per heavy atom. The van der Waals surface area contributed by atoms with Crippen molar-refractivity contribution >= 4 is 35.1 Å². The van der Waals surface area contributed by atoms with Crippen LogP contribution in [0.1, 0.15) is 0 Å². The van der Waals surface area contributed by atoms with E-state index in [0.717, 1.165) is 15.5 Å². The Labute approximate surface area is 121 Å². The normalized spacial score (nSPS) is 10.2. The van der Waals surface area contributed by atoms with Crippen LogP contribution in [0.2, 0.25) is 0 Å². The first kappa shape index (κ1) is 14.0. The first-order valence-corrected chi connectivity index (χ1v) is 7.95. The van der Waals surface area contributed by atoms with Gasteiger partial charge in [0, 0.05) is 27.9 Å². The molecule has 98 valence electrons. The topological polar surface area (TPSA) is 42.0 Å². The number of thioether (sulfide) groups is 2. The van der Waals surface area contributed by atoms with Crippen LogP contribution in [0.15, 0.2) is 58.6 Å². The van der Waals surface area contributed by atoms with E-state index in [-0.39, 0.29) is 5.91 Å². The highest BCUT2D eigenvalue weighted by Crippen LogP contribution is 2.20. The first-order valence-electron chi connectivity index (χ1n) is 5.74. The summed E-state index contributed by atoms with van der Waals surface area (Å²) in [6.45, 7) is 0. The fourth-order valence-corrected chi connectivity index (χ4v) is 2.62. The van der Waals surface area contributed by atoms with Crippen molar-refractivity contribution < 1.29 is 4.79 Å². The van der Waals surface area contributed by atoms with Crippen LogP contribution in [0, 0.1) is 0 Å². The van der Waals surface area contributed by atoms with Gasteiger partial charge in [0.25, 0.3) is 0 Å². The Kier molecular flexibility index (Phi) is 5.30. The van der Waals surface area contributed by atoms with Crippen LogP contribution in [0.5, 0.6) is 0 Å². The number of benzene rings is 1. The van der Waals surface area contributed by atoms with E-state index in [2.05, 4.69) is 10.3 Å². The Hall–Kier alpha value is -1.46. The van der Waals surface area contributed by atoms with Gasteiger partial charge >= 0.3 is 0 Å². The van der Waals surface area contributed by atoms with Crippen molar-refractivity contribution in [2.45, 2.75) is 9.79 Å². The number of nitrogens with one attached hydrogen (secondary N) is 1. The summed E-state index contributed by atoms with van der Waals surface area (Å²) in [5, 5.41) is 2.90. The molecular formula is C14H14N2OS2. The fourth-order valence-electron chi connectivity index (χ4n) is 1.48. The predicted octanol–water partition coefficient (Wildman–Crippen LogP) is 3.53. The van der Waals surface area contributed by atoms with Crippen LogP contribution < -0.4 is 5.32 Å². The van der Waals surface area contributed by atoms with Gasteiger partial charge in [-0.15, -0.1) is 23.5 Å².